The van der Waals surface area contributed by atoms with Gasteiger partial charge in [0.25, 0.3) is 0 Å². The maximum atomic E-state index is 11.9. The highest BCUT2D eigenvalue weighted by atomic mass is 16.4. The Bertz CT molecular complexity index is 620. The first-order chi connectivity index (χ1) is 11.0. The summed E-state index contributed by atoms with van der Waals surface area (Å²) in [5, 5.41) is 15.6. The lowest BCUT2D eigenvalue weighted by molar-refractivity contribution is 0.154. The Morgan fingerprint density at radius 2 is 2.00 bits per heavy atom. The molecule has 23 heavy (non-hydrogen) atoms. The number of aliphatic hydroxyl groups excluding tert-OH is 1. The molecule has 0 aliphatic carbocycles. The number of hydrogen-bond acceptors (Lipinski definition) is 4. The van der Waals surface area contributed by atoms with Crippen LogP contribution in [0.15, 0.2) is 34.7 Å². The predicted octanol–water partition coefficient (Wildman–Crippen LogP) is 2.60. The van der Waals surface area contributed by atoms with Crippen LogP contribution in [0.5, 0.6) is 0 Å². The van der Waals surface area contributed by atoms with Gasteiger partial charge in [-0.3, -0.25) is 0 Å². The SMILES string of the molecule is Cc1nc(CNC(=O)N[C@@H](C)C[C@H](O)c2ccccc2)oc1C. The zero-order valence-electron chi connectivity index (χ0n) is 13.7. The van der Waals surface area contributed by atoms with E-state index in [1.165, 1.54) is 0 Å². The summed E-state index contributed by atoms with van der Waals surface area (Å²) in [4.78, 5) is 16.1. The number of amides is 2. The van der Waals surface area contributed by atoms with Gasteiger partial charge in [0.1, 0.15) is 5.76 Å². The van der Waals surface area contributed by atoms with Crippen molar-refractivity contribution in [2.75, 3.05) is 0 Å². The summed E-state index contributed by atoms with van der Waals surface area (Å²) in [6, 6.07) is 8.91. The van der Waals surface area contributed by atoms with Crippen molar-refractivity contribution in [2.45, 2.75) is 45.9 Å². The normalized spacial score (nSPS) is 13.4. The van der Waals surface area contributed by atoms with Crippen LogP contribution in [0.25, 0.3) is 0 Å². The zero-order valence-corrected chi connectivity index (χ0v) is 13.7. The van der Waals surface area contributed by atoms with Gasteiger partial charge in [0.05, 0.1) is 18.3 Å². The fraction of sp³-hybridized carbons (Fsp3) is 0.412. The highest BCUT2D eigenvalue weighted by molar-refractivity contribution is 5.74. The Balaban J connectivity index is 1.76. The Morgan fingerprint density at radius 3 is 2.61 bits per heavy atom. The summed E-state index contributed by atoms with van der Waals surface area (Å²) < 4.78 is 5.40. The van der Waals surface area contributed by atoms with E-state index < -0.39 is 6.10 Å². The molecule has 3 N–H and O–H groups in total. The van der Waals surface area contributed by atoms with E-state index in [0.717, 1.165) is 17.0 Å². The lowest BCUT2D eigenvalue weighted by Crippen LogP contribution is -2.41. The second kappa shape index (κ2) is 7.78. The molecule has 6 nitrogen and oxygen atoms in total. The van der Waals surface area contributed by atoms with Crippen LogP contribution >= 0.6 is 0 Å². The second-order valence-corrected chi connectivity index (χ2v) is 5.64. The number of oxazole rings is 1. The number of carbonyl (C=O) groups excluding carboxylic acids is 1. The molecule has 0 unspecified atom stereocenters. The third kappa shape index (κ3) is 5.10. The van der Waals surface area contributed by atoms with Crippen LogP contribution in [0.1, 0.15) is 42.4 Å². The van der Waals surface area contributed by atoms with Gasteiger partial charge in [0, 0.05) is 6.04 Å². The van der Waals surface area contributed by atoms with Crippen molar-refractivity contribution in [1.29, 1.82) is 0 Å². The van der Waals surface area contributed by atoms with Crippen molar-refractivity contribution in [1.82, 2.24) is 15.6 Å². The van der Waals surface area contributed by atoms with Gasteiger partial charge in [0.2, 0.25) is 5.89 Å². The standard InChI is InChI=1S/C17H23N3O3/c1-11(9-15(21)14-7-5-4-6-8-14)19-17(22)18-10-16-20-12(2)13(3)23-16/h4-8,11,15,21H,9-10H2,1-3H3,(H2,18,19,22)/t11-,15-/m0/s1. The Kier molecular flexibility index (Phi) is 5.76. The highest BCUT2D eigenvalue weighted by Gasteiger charge is 2.14. The summed E-state index contributed by atoms with van der Waals surface area (Å²) in [6.45, 7) is 5.77. The summed E-state index contributed by atoms with van der Waals surface area (Å²) in [7, 11) is 0. The van der Waals surface area contributed by atoms with Crippen LogP contribution in [0.2, 0.25) is 0 Å². The van der Waals surface area contributed by atoms with Gasteiger partial charge in [-0.25, -0.2) is 9.78 Å². The van der Waals surface area contributed by atoms with Crippen molar-refractivity contribution in [3.8, 4) is 0 Å². The molecule has 1 aromatic heterocycles. The number of nitrogens with zero attached hydrogens (tertiary/aromatic N) is 1. The predicted molar refractivity (Wildman–Crippen MR) is 86.8 cm³/mol. The van der Waals surface area contributed by atoms with Crippen LogP contribution in [0, 0.1) is 13.8 Å². The highest BCUT2D eigenvalue weighted by Crippen LogP contribution is 2.17. The third-order valence-electron chi connectivity index (χ3n) is 3.61. The molecule has 0 bridgehead atoms. The number of aryl methyl sites for hydroxylation is 2. The second-order valence-electron chi connectivity index (χ2n) is 5.64. The fourth-order valence-corrected chi connectivity index (χ4v) is 2.25. The quantitative estimate of drug-likeness (QED) is 0.764. The number of aromatic nitrogens is 1. The molecule has 0 aliphatic rings. The summed E-state index contributed by atoms with van der Waals surface area (Å²) in [5.74, 6) is 1.23. The van der Waals surface area contributed by atoms with Crippen molar-refractivity contribution >= 4 is 6.03 Å². The van der Waals surface area contributed by atoms with E-state index in [1.807, 2.05) is 51.1 Å². The number of carbonyl (C=O) groups is 1. The number of hydrogen-bond donors (Lipinski definition) is 3. The molecule has 124 valence electrons. The minimum atomic E-state index is -0.608. The molecule has 0 saturated carbocycles. The van der Waals surface area contributed by atoms with Crippen molar-refractivity contribution in [2.24, 2.45) is 0 Å². The van der Waals surface area contributed by atoms with Gasteiger partial charge >= 0.3 is 6.03 Å². The van der Waals surface area contributed by atoms with Crippen LogP contribution in [-0.4, -0.2) is 22.2 Å². The van der Waals surface area contributed by atoms with E-state index in [9.17, 15) is 9.90 Å². The first kappa shape index (κ1) is 17.0. The minimum absolute atomic E-state index is 0.168. The molecule has 2 rings (SSSR count). The molecule has 0 spiro atoms. The zero-order chi connectivity index (χ0) is 16.8. The molecule has 0 saturated heterocycles. The van der Waals surface area contributed by atoms with Gasteiger partial charge < -0.3 is 20.2 Å². The van der Waals surface area contributed by atoms with E-state index in [4.69, 9.17) is 4.42 Å². The summed E-state index contributed by atoms with van der Waals surface area (Å²) in [5.41, 5.74) is 1.66. The van der Waals surface area contributed by atoms with Crippen molar-refractivity contribution in [3.63, 3.8) is 0 Å². The molecular formula is C17H23N3O3. The third-order valence-corrected chi connectivity index (χ3v) is 3.61. The van der Waals surface area contributed by atoms with Crippen LogP contribution in [-0.2, 0) is 6.54 Å². The monoisotopic (exact) mass is 317 g/mol. The smallest absolute Gasteiger partial charge is 0.315 e. The van der Waals surface area contributed by atoms with Crippen LogP contribution in [0.3, 0.4) is 0 Å². The molecule has 6 heteroatoms. The molecule has 0 radical (unpaired) electrons. The molecule has 2 amide bonds. The lowest BCUT2D eigenvalue weighted by Gasteiger charge is -2.18. The minimum Gasteiger partial charge on any atom is -0.444 e. The number of aliphatic hydroxyl groups is 1. The molecule has 1 heterocycles. The van der Waals surface area contributed by atoms with Gasteiger partial charge in [-0.1, -0.05) is 30.3 Å². The first-order valence-electron chi connectivity index (χ1n) is 7.66. The number of urea groups is 1. The summed E-state index contributed by atoms with van der Waals surface area (Å²) in [6.07, 6.45) is -0.169. The Morgan fingerprint density at radius 1 is 1.30 bits per heavy atom. The Labute approximate surface area is 135 Å². The first-order valence-corrected chi connectivity index (χ1v) is 7.66. The number of benzene rings is 1. The van der Waals surface area contributed by atoms with Crippen LogP contribution < -0.4 is 10.6 Å². The largest absolute Gasteiger partial charge is 0.444 e. The molecule has 0 aliphatic heterocycles. The maximum Gasteiger partial charge on any atom is 0.315 e. The van der Waals surface area contributed by atoms with Gasteiger partial charge in [-0.15, -0.1) is 0 Å². The Hall–Kier alpha value is -2.34. The molecule has 0 fully saturated rings. The lowest BCUT2D eigenvalue weighted by atomic mass is 10.0. The average Bonchev–Trinajstić information content (AvgIpc) is 2.84. The van der Waals surface area contributed by atoms with Gasteiger partial charge in [-0.05, 0) is 32.8 Å². The van der Waals surface area contributed by atoms with E-state index >= 15 is 0 Å². The number of nitrogens with one attached hydrogen (secondary N) is 2. The summed E-state index contributed by atoms with van der Waals surface area (Å²) >= 11 is 0. The van der Waals surface area contributed by atoms with E-state index in [1.54, 1.807) is 0 Å². The fourth-order valence-electron chi connectivity index (χ4n) is 2.25. The van der Waals surface area contributed by atoms with E-state index in [0.29, 0.717) is 12.3 Å². The van der Waals surface area contributed by atoms with E-state index in [-0.39, 0.29) is 18.6 Å². The van der Waals surface area contributed by atoms with Gasteiger partial charge in [0.15, 0.2) is 0 Å². The number of rotatable bonds is 6. The molecule has 1 aromatic carbocycles. The van der Waals surface area contributed by atoms with Crippen molar-refractivity contribution in [3.05, 3.63) is 53.2 Å². The van der Waals surface area contributed by atoms with Gasteiger partial charge in [-0.2, -0.15) is 0 Å². The topological polar surface area (TPSA) is 87.4 Å². The maximum absolute atomic E-state index is 11.9. The van der Waals surface area contributed by atoms with Crippen molar-refractivity contribution < 1.29 is 14.3 Å². The average molecular weight is 317 g/mol. The molecule has 2 aromatic rings. The van der Waals surface area contributed by atoms with E-state index in [2.05, 4.69) is 15.6 Å². The molecule has 2 atom stereocenters. The van der Waals surface area contributed by atoms with Crippen LogP contribution in [0.4, 0.5) is 4.79 Å². The molecular weight excluding hydrogens is 294 g/mol.